The Morgan fingerprint density at radius 1 is 1.15 bits per heavy atom. The van der Waals surface area contributed by atoms with Gasteiger partial charge in [0.25, 0.3) is 0 Å². The first kappa shape index (κ1) is 13.6. The topological polar surface area (TPSA) is 35.2 Å². The first-order valence-corrected chi connectivity index (χ1v) is 7.44. The van der Waals surface area contributed by atoms with E-state index in [2.05, 4.69) is 43.3 Å². The summed E-state index contributed by atoms with van der Waals surface area (Å²) in [6.45, 7) is 2.15. The third-order valence-corrected chi connectivity index (χ3v) is 4.86. The Bertz CT molecular complexity index is 610. The van der Waals surface area contributed by atoms with Crippen LogP contribution in [0.25, 0.3) is 10.8 Å². The summed E-state index contributed by atoms with van der Waals surface area (Å²) in [7, 11) is 1.82. The number of rotatable bonds is 4. The summed E-state index contributed by atoms with van der Waals surface area (Å²) in [5, 5.41) is 2.59. The summed E-state index contributed by atoms with van der Waals surface area (Å²) in [5.74, 6) is 0. The van der Waals surface area contributed by atoms with Crippen LogP contribution >= 0.6 is 0 Å². The van der Waals surface area contributed by atoms with Crippen molar-refractivity contribution in [1.29, 1.82) is 0 Å². The number of ether oxygens (including phenoxy) is 1. The van der Waals surface area contributed by atoms with Crippen LogP contribution in [0.5, 0.6) is 0 Å². The van der Waals surface area contributed by atoms with Crippen molar-refractivity contribution in [2.24, 2.45) is 5.73 Å². The molecule has 1 saturated carbocycles. The predicted molar refractivity (Wildman–Crippen MR) is 83.8 cm³/mol. The molecule has 2 aromatic carbocycles. The standard InChI is InChI=1S/C18H23NO/c1-13-8-9-16(15-7-4-3-6-14(13)15)17(19)12-18(20-2)10-5-11-18/h3-4,6-9,17H,5,10-12,19H2,1-2H3. The minimum atomic E-state index is 0.0193. The van der Waals surface area contributed by atoms with Gasteiger partial charge in [0.05, 0.1) is 5.60 Å². The third kappa shape index (κ3) is 2.23. The summed E-state index contributed by atoms with van der Waals surface area (Å²) in [5.41, 5.74) is 9.07. The Morgan fingerprint density at radius 3 is 2.45 bits per heavy atom. The smallest absolute Gasteiger partial charge is 0.0696 e. The molecule has 0 amide bonds. The summed E-state index contributed by atoms with van der Waals surface area (Å²) in [6, 6.07) is 12.9. The van der Waals surface area contributed by atoms with E-state index in [1.807, 2.05) is 7.11 Å². The Balaban J connectivity index is 1.95. The average molecular weight is 269 g/mol. The molecule has 0 heterocycles. The van der Waals surface area contributed by atoms with Gasteiger partial charge in [0, 0.05) is 13.2 Å². The van der Waals surface area contributed by atoms with Gasteiger partial charge in [0.1, 0.15) is 0 Å². The highest BCUT2D eigenvalue weighted by Crippen LogP contribution is 2.42. The molecule has 0 aliphatic heterocycles. The van der Waals surface area contributed by atoms with E-state index in [9.17, 15) is 0 Å². The van der Waals surface area contributed by atoms with Crippen molar-refractivity contribution >= 4 is 10.8 Å². The molecule has 0 radical (unpaired) electrons. The number of nitrogens with two attached hydrogens (primary N) is 1. The van der Waals surface area contributed by atoms with Gasteiger partial charge in [-0.3, -0.25) is 0 Å². The number of fused-ring (bicyclic) bond motifs is 1. The van der Waals surface area contributed by atoms with Gasteiger partial charge in [-0.05, 0) is 54.5 Å². The number of methoxy groups -OCH3 is 1. The summed E-state index contributed by atoms with van der Waals surface area (Å²) >= 11 is 0. The predicted octanol–water partition coefficient (Wildman–Crippen LogP) is 4.11. The zero-order valence-corrected chi connectivity index (χ0v) is 12.4. The largest absolute Gasteiger partial charge is 0.378 e. The fraction of sp³-hybridized carbons (Fsp3) is 0.444. The minimum absolute atomic E-state index is 0.0193. The lowest BCUT2D eigenvalue weighted by molar-refractivity contribution is -0.0816. The van der Waals surface area contributed by atoms with Crippen LogP contribution in [0.15, 0.2) is 36.4 Å². The fourth-order valence-electron chi connectivity index (χ4n) is 3.37. The van der Waals surface area contributed by atoms with E-state index >= 15 is 0 Å². The van der Waals surface area contributed by atoms with E-state index in [4.69, 9.17) is 10.5 Å². The maximum atomic E-state index is 6.50. The maximum Gasteiger partial charge on any atom is 0.0696 e. The Morgan fingerprint density at radius 2 is 1.85 bits per heavy atom. The van der Waals surface area contributed by atoms with Crippen LogP contribution in [-0.2, 0) is 4.74 Å². The molecule has 2 aromatic rings. The molecule has 0 aromatic heterocycles. The summed E-state index contributed by atoms with van der Waals surface area (Å²) in [4.78, 5) is 0. The molecule has 1 aliphatic rings. The molecule has 2 heteroatoms. The lowest BCUT2D eigenvalue weighted by atomic mass is 9.74. The molecule has 2 N–H and O–H groups in total. The van der Waals surface area contributed by atoms with Crippen molar-refractivity contribution in [2.45, 2.75) is 44.2 Å². The number of benzene rings is 2. The third-order valence-electron chi connectivity index (χ3n) is 4.86. The minimum Gasteiger partial charge on any atom is -0.378 e. The van der Waals surface area contributed by atoms with Gasteiger partial charge in [-0.15, -0.1) is 0 Å². The highest BCUT2D eigenvalue weighted by atomic mass is 16.5. The van der Waals surface area contributed by atoms with Gasteiger partial charge in [-0.2, -0.15) is 0 Å². The quantitative estimate of drug-likeness (QED) is 0.906. The van der Waals surface area contributed by atoms with E-state index in [-0.39, 0.29) is 11.6 Å². The Labute approximate surface area is 120 Å². The Hall–Kier alpha value is -1.38. The van der Waals surface area contributed by atoms with Gasteiger partial charge < -0.3 is 10.5 Å². The van der Waals surface area contributed by atoms with Gasteiger partial charge in [0.15, 0.2) is 0 Å². The van der Waals surface area contributed by atoms with Gasteiger partial charge in [-0.25, -0.2) is 0 Å². The van der Waals surface area contributed by atoms with Crippen LogP contribution in [0.3, 0.4) is 0 Å². The van der Waals surface area contributed by atoms with Crippen molar-refractivity contribution in [1.82, 2.24) is 0 Å². The van der Waals surface area contributed by atoms with E-state index in [0.717, 1.165) is 19.3 Å². The molecule has 0 saturated heterocycles. The van der Waals surface area contributed by atoms with Crippen LogP contribution < -0.4 is 5.73 Å². The molecule has 106 valence electrons. The van der Waals surface area contributed by atoms with Gasteiger partial charge in [-0.1, -0.05) is 36.4 Å². The van der Waals surface area contributed by atoms with Crippen LogP contribution in [0.1, 0.15) is 42.9 Å². The molecule has 1 aliphatic carbocycles. The van der Waals surface area contributed by atoms with Crippen LogP contribution in [0, 0.1) is 6.92 Å². The number of hydrogen-bond donors (Lipinski definition) is 1. The molecule has 0 bridgehead atoms. The molecular formula is C18H23NO. The normalized spacial score (nSPS) is 18.8. The zero-order chi connectivity index (χ0) is 14.2. The van der Waals surface area contributed by atoms with Crippen molar-refractivity contribution in [3.63, 3.8) is 0 Å². The monoisotopic (exact) mass is 269 g/mol. The molecule has 3 rings (SSSR count). The molecule has 1 unspecified atom stereocenters. The van der Waals surface area contributed by atoms with E-state index in [1.54, 1.807) is 0 Å². The second-order valence-electron chi connectivity index (χ2n) is 6.07. The molecule has 1 fully saturated rings. The number of aryl methyl sites for hydroxylation is 1. The SMILES string of the molecule is COC1(CC(N)c2ccc(C)c3ccccc23)CCC1. The molecule has 20 heavy (non-hydrogen) atoms. The fourth-order valence-corrected chi connectivity index (χ4v) is 3.37. The second-order valence-corrected chi connectivity index (χ2v) is 6.07. The van der Waals surface area contributed by atoms with Crippen LogP contribution in [0.2, 0.25) is 0 Å². The second kappa shape index (κ2) is 5.19. The molecule has 2 nitrogen and oxygen atoms in total. The zero-order valence-electron chi connectivity index (χ0n) is 12.4. The highest BCUT2D eigenvalue weighted by Gasteiger charge is 2.38. The summed E-state index contributed by atoms with van der Waals surface area (Å²) in [6.07, 6.45) is 4.45. The van der Waals surface area contributed by atoms with Gasteiger partial charge in [0.2, 0.25) is 0 Å². The van der Waals surface area contributed by atoms with Crippen molar-refractivity contribution in [3.05, 3.63) is 47.5 Å². The highest BCUT2D eigenvalue weighted by molar-refractivity contribution is 5.88. The van der Waals surface area contributed by atoms with Crippen molar-refractivity contribution < 1.29 is 4.74 Å². The lowest BCUT2D eigenvalue weighted by Gasteiger charge is -2.42. The van der Waals surface area contributed by atoms with E-state index in [1.165, 1.54) is 28.3 Å². The van der Waals surface area contributed by atoms with Gasteiger partial charge >= 0.3 is 0 Å². The van der Waals surface area contributed by atoms with Crippen LogP contribution in [-0.4, -0.2) is 12.7 Å². The van der Waals surface area contributed by atoms with E-state index in [0.29, 0.717) is 0 Å². The number of hydrogen-bond acceptors (Lipinski definition) is 2. The van der Waals surface area contributed by atoms with Crippen molar-refractivity contribution in [2.75, 3.05) is 7.11 Å². The van der Waals surface area contributed by atoms with Crippen LogP contribution in [0.4, 0.5) is 0 Å². The first-order valence-electron chi connectivity index (χ1n) is 7.44. The maximum absolute atomic E-state index is 6.50. The summed E-state index contributed by atoms with van der Waals surface area (Å²) < 4.78 is 5.72. The Kier molecular flexibility index (Phi) is 3.53. The molecule has 0 spiro atoms. The van der Waals surface area contributed by atoms with Crippen molar-refractivity contribution in [3.8, 4) is 0 Å². The first-order chi connectivity index (χ1) is 9.65. The molecular weight excluding hydrogens is 246 g/mol. The lowest BCUT2D eigenvalue weighted by Crippen LogP contribution is -2.41. The molecule has 1 atom stereocenters. The van der Waals surface area contributed by atoms with E-state index < -0.39 is 0 Å². The average Bonchev–Trinajstić information content (AvgIpc) is 2.43.